The van der Waals surface area contributed by atoms with Crippen LogP contribution in [-0.4, -0.2) is 100 Å². The average Bonchev–Trinajstić information content (AvgIpc) is 3.12. The van der Waals surface area contributed by atoms with Gasteiger partial charge < -0.3 is 48.3 Å². The van der Waals surface area contributed by atoms with E-state index in [0.29, 0.717) is 30.5 Å². The van der Waals surface area contributed by atoms with E-state index in [1.54, 1.807) is 60.7 Å². The number of aliphatic hydroxyl groups is 1. The number of aliphatic carboxylic acids is 1. The summed E-state index contributed by atoms with van der Waals surface area (Å²) >= 11 is 4.01. The first-order valence-electron chi connectivity index (χ1n) is 17.7. The van der Waals surface area contributed by atoms with Crippen LogP contribution < -0.4 is 38.1 Å². The highest BCUT2D eigenvalue weighted by molar-refractivity contribution is 7.80. The summed E-state index contributed by atoms with van der Waals surface area (Å²) in [7, 11) is 0. The Kier molecular flexibility index (Phi) is 19.6. The standard InChI is InChI=1S/C37H55N7O8S/c1-22(2)18-27(33(47)44-30(21-53)37(51)52)41-34(48)29(20-25-14-8-5-9-15-25)43-35(49)28(19-24-12-6-4-7-13-24)42-32(46)26(16-10-11-17-38)40-36(50)31(39)23(3)45/h4-9,12-15,22-23,26-31,45,53H,10-11,16-21,38-39H2,1-3H3,(H,40,50)(H,41,48)(H,42,46)(H,43,49)(H,44,47)(H,51,52)/t23-,26+,27+,28+,29+,30+,31+/m1/s1. The van der Waals surface area contributed by atoms with Gasteiger partial charge in [0.05, 0.1) is 6.10 Å². The lowest BCUT2D eigenvalue weighted by molar-refractivity contribution is -0.141. The number of unbranched alkanes of at least 4 members (excludes halogenated alkanes) is 1. The molecule has 2 rings (SSSR count). The molecule has 53 heavy (non-hydrogen) atoms. The number of benzene rings is 2. The normalized spacial score (nSPS) is 15.1. The second-order valence-electron chi connectivity index (χ2n) is 13.4. The molecule has 2 aromatic rings. The number of carbonyl (C=O) groups is 6. The van der Waals surface area contributed by atoms with Crippen molar-refractivity contribution in [2.75, 3.05) is 12.3 Å². The Labute approximate surface area is 316 Å². The van der Waals surface area contributed by atoms with Crippen LogP contribution in [0.25, 0.3) is 0 Å². The number of carboxylic acids is 1. The van der Waals surface area contributed by atoms with E-state index in [2.05, 4.69) is 39.2 Å². The third kappa shape index (κ3) is 16.0. The van der Waals surface area contributed by atoms with E-state index in [1.807, 2.05) is 13.8 Å². The molecule has 0 radical (unpaired) electrons. The zero-order valence-electron chi connectivity index (χ0n) is 30.5. The Morgan fingerprint density at radius 1 is 0.642 bits per heavy atom. The number of aliphatic hydroxyl groups excluding tert-OH is 1. The molecule has 0 bridgehead atoms. The summed E-state index contributed by atoms with van der Waals surface area (Å²) < 4.78 is 0. The largest absolute Gasteiger partial charge is 0.480 e. The smallest absolute Gasteiger partial charge is 0.327 e. The number of nitrogens with two attached hydrogens (primary N) is 2. The summed E-state index contributed by atoms with van der Waals surface area (Å²) in [6, 6.07) is 10.5. The van der Waals surface area contributed by atoms with Crippen molar-refractivity contribution in [1.29, 1.82) is 0 Å². The lowest BCUT2D eigenvalue weighted by Gasteiger charge is -2.28. The molecule has 0 aliphatic heterocycles. The van der Waals surface area contributed by atoms with Crippen molar-refractivity contribution in [3.63, 3.8) is 0 Å². The molecule has 7 atom stereocenters. The molecule has 15 nitrogen and oxygen atoms in total. The minimum Gasteiger partial charge on any atom is -0.480 e. The Balaban J connectivity index is 2.44. The molecule has 11 N–H and O–H groups in total. The topological polar surface area (TPSA) is 255 Å². The highest BCUT2D eigenvalue weighted by atomic mass is 32.1. The van der Waals surface area contributed by atoms with Gasteiger partial charge in [-0.25, -0.2) is 4.79 Å². The van der Waals surface area contributed by atoms with Crippen LogP contribution in [0.1, 0.15) is 57.6 Å². The fourth-order valence-corrected chi connectivity index (χ4v) is 5.59. The van der Waals surface area contributed by atoms with Gasteiger partial charge in [-0.15, -0.1) is 0 Å². The molecule has 16 heteroatoms. The zero-order valence-corrected chi connectivity index (χ0v) is 31.4. The van der Waals surface area contributed by atoms with Gasteiger partial charge in [-0.1, -0.05) is 74.5 Å². The fourth-order valence-electron chi connectivity index (χ4n) is 5.34. The maximum absolute atomic E-state index is 14.1. The van der Waals surface area contributed by atoms with E-state index < -0.39 is 77.9 Å². The van der Waals surface area contributed by atoms with Crippen molar-refractivity contribution >= 4 is 48.1 Å². The van der Waals surface area contributed by atoms with Gasteiger partial charge in [-0.3, -0.25) is 24.0 Å². The van der Waals surface area contributed by atoms with Crippen LogP contribution in [0.15, 0.2) is 60.7 Å². The number of hydrogen-bond acceptors (Lipinski definition) is 10. The first-order valence-corrected chi connectivity index (χ1v) is 18.4. The van der Waals surface area contributed by atoms with Crippen molar-refractivity contribution in [1.82, 2.24) is 26.6 Å². The monoisotopic (exact) mass is 757 g/mol. The summed E-state index contributed by atoms with van der Waals surface area (Å²) in [5.41, 5.74) is 12.9. The highest BCUT2D eigenvalue weighted by Crippen LogP contribution is 2.11. The van der Waals surface area contributed by atoms with Crippen LogP contribution >= 0.6 is 12.6 Å². The summed E-state index contributed by atoms with van der Waals surface area (Å²) in [6.07, 6.45) is 0.241. The minimum atomic E-state index is -1.30. The van der Waals surface area contributed by atoms with Gasteiger partial charge in [0.15, 0.2) is 0 Å². The van der Waals surface area contributed by atoms with Gasteiger partial charge in [0.1, 0.15) is 36.3 Å². The third-order valence-electron chi connectivity index (χ3n) is 8.37. The van der Waals surface area contributed by atoms with Gasteiger partial charge in [-0.05, 0) is 56.2 Å². The molecular weight excluding hydrogens is 703 g/mol. The van der Waals surface area contributed by atoms with Crippen molar-refractivity contribution in [3.8, 4) is 0 Å². The van der Waals surface area contributed by atoms with Crippen LogP contribution in [0.4, 0.5) is 0 Å². The van der Waals surface area contributed by atoms with Crippen molar-refractivity contribution in [3.05, 3.63) is 71.8 Å². The van der Waals surface area contributed by atoms with E-state index in [9.17, 15) is 39.0 Å². The number of carbonyl (C=O) groups excluding carboxylic acids is 5. The number of amides is 5. The number of rotatable bonds is 23. The van der Waals surface area contributed by atoms with E-state index in [0.717, 1.165) is 0 Å². The molecule has 0 aliphatic carbocycles. The predicted octanol–water partition coefficient (Wildman–Crippen LogP) is -0.207. The number of nitrogens with one attached hydrogen (secondary N) is 5. The summed E-state index contributed by atoms with van der Waals surface area (Å²) in [4.78, 5) is 79.4. The molecule has 2 aromatic carbocycles. The molecule has 0 unspecified atom stereocenters. The Hall–Kier alpha value is -4.51. The number of hydrogen-bond donors (Lipinski definition) is 10. The lowest BCUT2D eigenvalue weighted by Crippen LogP contribution is -2.60. The number of carboxylic acid groups (broad SMARTS) is 1. The van der Waals surface area contributed by atoms with Crippen LogP contribution in [0.2, 0.25) is 0 Å². The number of thiol groups is 1. The molecule has 0 fully saturated rings. The van der Waals surface area contributed by atoms with Crippen LogP contribution in [0.5, 0.6) is 0 Å². The molecule has 0 heterocycles. The van der Waals surface area contributed by atoms with Crippen LogP contribution in [0.3, 0.4) is 0 Å². The molecule has 5 amide bonds. The highest BCUT2D eigenvalue weighted by Gasteiger charge is 2.33. The van der Waals surface area contributed by atoms with E-state index in [1.165, 1.54) is 6.92 Å². The van der Waals surface area contributed by atoms with Crippen LogP contribution in [-0.2, 0) is 41.6 Å². The Morgan fingerprint density at radius 3 is 1.47 bits per heavy atom. The van der Waals surface area contributed by atoms with Crippen LogP contribution in [0, 0.1) is 5.92 Å². The third-order valence-corrected chi connectivity index (χ3v) is 8.74. The second-order valence-corrected chi connectivity index (χ2v) is 13.8. The van der Waals surface area contributed by atoms with Gasteiger partial charge >= 0.3 is 5.97 Å². The van der Waals surface area contributed by atoms with Gasteiger partial charge in [-0.2, -0.15) is 12.6 Å². The van der Waals surface area contributed by atoms with Gasteiger partial charge in [0, 0.05) is 18.6 Å². The quantitative estimate of drug-likeness (QED) is 0.0528. The fraction of sp³-hybridized carbons (Fsp3) is 0.514. The molecule has 0 aromatic heterocycles. The van der Waals surface area contributed by atoms with E-state index >= 15 is 0 Å². The summed E-state index contributed by atoms with van der Waals surface area (Å²) in [5.74, 6) is -5.09. The zero-order chi connectivity index (χ0) is 39.5. The van der Waals surface area contributed by atoms with E-state index in [-0.39, 0.29) is 37.4 Å². The van der Waals surface area contributed by atoms with Gasteiger partial charge in [0.25, 0.3) is 0 Å². The van der Waals surface area contributed by atoms with Crippen molar-refractivity contribution < 1.29 is 39.0 Å². The predicted molar refractivity (Wildman–Crippen MR) is 203 cm³/mol. The van der Waals surface area contributed by atoms with Gasteiger partial charge in [0.2, 0.25) is 29.5 Å². The average molecular weight is 758 g/mol. The molecule has 0 aliphatic rings. The Bertz CT molecular complexity index is 1480. The minimum absolute atomic E-state index is 0.0177. The second kappa shape index (κ2) is 23.2. The molecule has 0 saturated carbocycles. The first-order chi connectivity index (χ1) is 25.2. The maximum Gasteiger partial charge on any atom is 0.327 e. The maximum atomic E-state index is 14.1. The summed E-state index contributed by atoms with van der Waals surface area (Å²) in [6.45, 7) is 5.38. The molecule has 0 spiro atoms. The van der Waals surface area contributed by atoms with Crippen molar-refractivity contribution in [2.45, 2.75) is 102 Å². The molecular formula is C37H55N7O8S. The van der Waals surface area contributed by atoms with E-state index in [4.69, 9.17) is 11.5 Å². The summed E-state index contributed by atoms with van der Waals surface area (Å²) in [5, 5.41) is 32.5. The molecule has 0 saturated heterocycles. The first kappa shape index (κ1) is 44.7. The lowest BCUT2D eigenvalue weighted by atomic mass is 9.99. The van der Waals surface area contributed by atoms with Crippen molar-refractivity contribution in [2.24, 2.45) is 17.4 Å². The Morgan fingerprint density at radius 2 is 1.06 bits per heavy atom. The molecule has 292 valence electrons. The SMILES string of the molecule is CC(C)C[C@H](NC(=O)[C@H](Cc1ccccc1)NC(=O)[C@H](Cc1ccccc1)NC(=O)[C@H](CCCCN)NC(=O)[C@@H](N)[C@@H](C)O)C(=O)N[C@@H](CS)C(=O)O.